The molecular weight excluding hydrogens is 480 g/mol. The molecule has 0 amide bonds. The van der Waals surface area contributed by atoms with Gasteiger partial charge in [-0.3, -0.25) is 0 Å². The third-order valence-electron chi connectivity index (χ3n) is 14.5. The quantitative estimate of drug-likeness (QED) is 0.265. The summed E-state index contributed by atoms with van der Waals surface area (Å²) in [5, 5.41) is 0. The lowest BCUT2D eigenvalue weighted by molar-refractivity contribution is 0.0452. The molecule has 0 spiro atoms. The van der Waals surface area contributed by atoms with Gasteiger partial charge in [-0.1, -0.05) is 105 Å². The van der Waals surface area contributed by atoms with E-state index < -0.39 is 0 Å². The minimum Gasteiger partial charge on any atom is -0.0851 e. The van der Waals surface area contributed by atoms with Crippen molar-refractivity contribution in [2.24, 2.45) is 81.8 Å². The summed E-state index contributed by atoms with van der Waals surface area (Å²) in [6.07, 6.45) is 31.0. The first-order valence-electron chi connectivity index (χ1n) is 18.4. The van der Waals surface area contributed by atoms with E-state index in [1.807, 2.05) is 0 Å². The van der Waals surface area contributed by atoms with Crippen LogP contribution >= 0.6 is 0 Å². The van der Waals surface area contributed by atoms with Gasteiger partial charge in [0.15, 0.2) is 0 Å². The summed E-state index contributed by atoms with van der Waals surface area (Å²) in [6.45, 7) is 20.1. The lowest BCUT2D eigenvalue weighted by atomic mass is 9.60. The molecule has 0 aromatic heterocycles. The van der Waals surface area contributed by atoms with Crippen LogP contribution in [0.4, 0.5) is 0 Å². The Morgan fingerprint density at radius 1 is 0.475 bits per heavy atom. The van der Waals surface area contributed by atoms with Gasteiger partial charge in [-0.2, -0.15) is 0 Å². The van der Waals surface area contributed by atoms with E-state index in [1.54, 1.807) is 0 Å². The number of hydrogen-bond acceptors (Lipinski definition) is 0. The Bertz CT molecular complexity index is 800. The van der Waals surface area contributed by atoms with Crippen LogP contribution in [0, 0.1) is 81.8 Å². The molecule has 0 aromatic carbocycles. The van der Waals surface area contributed by atoms with Gasteiger partial charge in [0, 0.05) is 0 Å². The summed E-state index contributed by atoms with van der Waals surface area (Å²) >= 11 is 0. The monoisotopic (exact) mass is 549 g/mol. The Morgan fingerprint density at radius 3 is 1.18 bits per heavy atom. The molecule has 6 saturated carbocycles. The normalized spacial score (nSPS) is 44.5. The van der Waals surface area contributed by atoms with Gasteiger partial charge < -0.3 is 0 Å². The van der Waals surface area contributed by atoms with Crippen molar-refractivity contribution in [3.8, 4) is 0 Å². The highest BCUT2D eigenvalue weighted by molar-refractivity contribution is 5.07. The standard InChI is InChI=1S/2C20H34/c2*1-14(17-9-10-17)7-8-16(3)19-12-11-18-15(2)6-5-13-20(18,19)4/h2*7-8,14-19H,5-6,9-13H2,1-4H3/b2*8-7+/t14-,15+,16-,18+,19+,20+;14-,15-,16+,18-,19-,20-/m10/s1. The smallest absolute Gasteiger partial charge is 0.0228 e. The fraction of sp³-hybridized carbons (Fsp3) is 0.900. The minimum absolute atomic E-state index is 0.643. The van der Waals surface area contributed by atoms with E-state index in [9.17, 15) is 0 Å². The van der Waals surface area contributed by atoms with E-state index in [4.69, 9.17) is 0 Å². The summed E-state index contributed by atoms with van der Waals surface area (Å²) in [5.74, 6) is 11.1. The first-order chi connectivity index (χ1) is 19.0. The summed E-state index contributed by atoms with van der Waals surface area (Å²) in [6, 6.07) is 0. The molecule has 0 unspecified atom stereocenters. The van der Waals surface area contributed by atoms with Crippen LogP contribution in [-0.4, -0.2) is 0 Å². The van der Waals surface area contributed by atoms with Crippen LogP contribution in [0.15, 0.2) is 24.3 Å². The predicted octanol–water partition coefficient (Wildman–Crippen LogP) is 12.2. The van der Waals surface area contributed by atoms with Crippen LogP contribution < -0.4 is 0 Å². The SMILES string of the molecule is C[C@H](/C=C/[C@@H](C)[C@@H]1CC[C@H]2[C@@H](C)CCC[C@]12C)C1CC1.C[C@H](/C=C/[C@H](C)C1CC1)[C@@H]1CC[C@H]2[C@@H](C)CCC[C@]12C. The Labute approximate surface area is 251 Å². The lowest BCUT2D eigenvalue weighted by Gasteiger charge is -2.45. The van der Waals surface area contributed by atoms with Crippen LogP contribution in [0.5, 0.6) is 0 Å². The highest BCUT2D eigenvalue weighted by Gasteiger charge is 2.52. The van der Waals surface area contributed by atoms with Gasteiger partial charge in [0.2, 0.25) is 0 Å². The maximum atomic E-state index is 2.62. The molecule has 0 heteroatoms. The predicted molar refractivity (Wildman–Crippen MR) is 175 cm³/mol. The van der Waals surface area contributed by atoms with E-state index in [1.165, 1.54) is 89.9 Å². The van der Waals surface area contributed by atoms with Crippen LogP contribution in [0.1, 0.15) is 145 Å². The molecule has 0 aliphatic heterocycles. The molecule has 40 heavy (non-hydrogen) atoms. The molecule has 0 nitrogen and oxygen atoms in total. The van der Waals surface area contributed by atoms with E-state index in [2.05, 4.69) is 79.7 Å². The molecule has 6 aliphatic rings. The molecule has 0 heterocycles. The highest BCUT2D eigenvalue weighted by atomic mass is 14.6. The topological polar surface area (TPSA) is 0 Å². The van der Waals surface area contributed by atoms with Crippen molar-refractivity contribution < 1.29 is 0 Å². The molecule has 0 radical (unpaired) electrons. The van der Waals surface area contributed by atoms with Crippen LogP contribution in [0.3, 0.4) is 0 Å². The van der Waals surface area contributed by atoms with Gasteiger partial charge in [0.1, 0.15) is 0 Å². The van der Waals surface area contributed by atoms with Gasteiger partial charge in [-0.15, -0.1) is 0 Å². The highest BCUT2D eigenvalue weighted by Crippen LogP contribution is 2.60. The van der Waals surface area contributed by atoms with Crippen molar-refractivity contribution in [2.75, 3.05) is 0 Å². The molecule has 0 saturated heterocycles. The van der Waals surface area contributed by atoms with Crippen LogP contribution in [-0.2, 0) is 0 Å². The molecule has 0 bridgehead atoms. The number of rotatable bonds is 8. The minimum atomic E-state index is 0.643. The van der Waals surface area contributed by atoms with Crippen molar-refractivity contribution in [1.82, 2.24) is 0 Å². The van der Waals surface area contributed by atoms with E-state index in [0.29, 0.717) is 10.8 Å². The second kappa shape index (κ2) is 12.6. The van der Waals surface area contributed by atoms with E-state index >= 15 is 0 Å². The Morgan fingerprint density at radius 2 is 0.825 bits per heavy atom. The first kappa shape index (κ1) is 30.9. The molecule has 12 atom stereocenters. The van der Waals surface area contributed by atoms with Gasteiger partial charge in [-0.25, -0.2) is 0 Å². The third-order valence-corrected chi connectivity index (χ3v) is 14.5. The van der Waals surface area contributed by atoms with Gasteiger partial charge in [-0.05, 0) is 146 Å². The summed E-state index contributed by atoms with van der Waals surface area (Å²) in [4.78, 5) is 0. The van der Waals surface area contributed by atoms with Crippen LogP contribution in [0.25, 0.3) is 0 Å². The maximum Gasteiger partial charge on any atom is -0.0228 e. The summed E-state index contributed by atoms with van der Waals surface area (Å²) in [5.41, 5.74) is 1.29. The van der Waals surface area contributed by atoms with Gasteiger partial charge in [0.25, 0.3) is 0 Å². The fourth-order valence-corrected chi connectivity index (χ4v) is 11.5. The molecule has 6 aliphatic carbocycles. The number of fused-ring (bicyclic) bond motifs is 2. The maximum absolute atomic E-state index is 2.62. The van der Waals surface area contributed by atoms with Gasteiger partial charge >= 0.3 is 0 Å². The first-order valence-corrected chi connectivity index (χ1v) is 18.4. The van der Waals surface area contributed by atoms with E-state index in [-0.39, 0.29) is 0 Å². The second-order valence-electron chi connectivity index (χ2n) is 17.2. The Hall–Kier alpha value is -0.520. The van der Waals surface area contributed by atoms with Gasteiger partial charge in [0.05, 0.1) is 0 Å². The van der Waals surface area contributed by atoms with Crippen molar-refractivity contribution in [3.05, 3.63) is 24.3 Å². The molecule has 228 valence electrons. The molecule has 0 N–H and O–H groups in total. The van der Waals surface area contributed by atoms with Crippen LogP contribution in [0.2, 0.25) is 0 Å². The fourth-order valence-electron chi connectivity index (χ4n) is 11.5. The van der Waals surface area contributed by atoms with E-state index in [0.717, 1.165) is 71.0 Å². The number of allylic oxidation sites excluding steroid dienone is 4. The molecule has 6 fully saturated rings. The number of hydrogen-bond donors (Lipinski definition) is 0. The zero-order valence-electron chi connectivity index (χ0n) is 28.1. The zero-order chi connectivity index (χ0) is 28.7. The molecule has 6 rings (SSSR count). The molecular formula is C40H68. The zero-order valence-corrected chi connectivity index (χ0v) is 28.1. The average molecular weight is 549 g/mol. The van der Waals surface area contributed by atoms with Crippen molar-refractivity contribution in [2.45, 2.75) is 145 Å². The van der Waals surface area contributed by atoms with Crippen molar-refractivity contribution >= 4 is 0 Å². The summed E-state index contributed by atoms with van der Waals surface area (Å²) in [7, 11) is 0. The Balaban J connectivity index is 0.000000161. The second-order valence-corrected chi connectivity index (χ2v) is 17.2. The third kappa shape index (κ3) is 6.52. The lowest BCUT2D eigenvalue weighted by Crippen LogP contribution is -2.37. The van der Waals surface area contributed by atoms with Crippen molar-refractivity contribution in [1.29, 1.82) is 0 Å². The Kier molecular flexibility index (Phi) is 9.75. The molecule has 0 aromatic rings. The largest absolute Gasteiger partial charge is 0.0851 e. The summed E-state index contributed by atoms with van der Waals surface area (Å²) < 4.78 is 0. The average Bonchev–Trinajstić information content (AvgIpc) is 3.85. The van der Waals surface area contributed by atoms with Crippen molar-refractivity contribution in [3.63, 3.8) is 0 Å².